The molecule has 11 heteroatoms. The van der Waals surface area contributed by atoms with Crippen molar-refractivity contribution in [2.45, 2.75) is 51.7 Å². The maximum Gasteiger partial charge on any atom is 0.409 e. The van der Waals surface area contributed by atoms with Crippen LogP contribution in [-0.4, -0.2) is 76.8 Å². The fraction of sp³-hybridized carbons (Fsp3) is 0.469. The Morgan fingerprint density at radius 1 is 1.19 bits per heavy atom. The molecule has 2 aromatic heterocycles. The van der Waals surface area contributed by atoms with E-state index in [-0.39, 0.29) is 18.1 Å². The standard InChI is InChI=1S/C32H45N5O4SSi/c1-7-33-30-21-27-26(22-34-30)31(38)37(16-15-35(27)2)25-11-8-10-24(20-25)23-41-28(29-12-9-18-42-29)13-14-36(3)32(39)40-17-19-43(4,5)6/h8-12,18,20-22,28H,7,13-17,19,23H2,1-6H3,(H,33,34). The minimum atomic E-state index is -1.26. The monoisotopic (exact) mass is 623 g/mol. The Balaban J connectivity index is 1.41. The summed E-state index contributed by atoms with van der Waals surface area (Å²) in [5, 5.41) is 5.27. The van der Waals surface area contributed by atoms with Crippen LogP contribution >= 0.6 is 11.3 Å². The fourth-order valence-electron chi connectivity index (χ4n) is 4.82. The van der Waals surface area contributed by atoms with Gasteiger partial charge in [-0.15, -0.1) is 11.3 Å². The second-order valence-corrected chi connectivity index (χ2v) is 18.7. The van der Waals surface area contributed by atoms with Crippen LogP contribution in [-0.2, 0) is 16.1 Å². The smallest absolute Gasteiger partial charge is 0.409 e. The average Bonchev–Trinajstić information content (AvgIpc) is 3.47. The van der Waals surface area contributed by atoms with Crippen LogP contribution in [0.5, 0.6) is 0 Å². The highest BCUT2D eigenvalue weighted by molar-refractivity contribution is 7.10. The second kappa shape index (κ2) is 14.9. The summed E-state index contributed by atoms with van der Waals surface area (Å²) in [4.78, 5) is 37.3. The van der Waals surface area contributed by atoms with Gasteiger partial charge in [-0.05, 0) is 48.5 Å². The van der Waals surface area contributed by atoms with Gasteiger partial charge in [0.05, 0.1) is 30.6 Å². The minimum Gasteiger partial charge on any atom is -0.450 e. The molecule has 0 spiro atoms. The molecule has 2 amide bonds. The second-order valence-electron chi connectivity index (χ2n) is 12.1. The van der Waals surface area contributed by atoms with E-state index in [9.17, 15) is 9.59 Å². The maximum absolute atomic E-state index is 13.7. The van der Waals surface area contributed by atoms with Crippen LogP contribution in [0.3, 0.4) is 0 Å². The summed E-state index contributed by atoms with van der Waals surface area (Å²) in [6.45, 7) is 12.2. The van der Waals surface area contributed by atoms with Gasteiger partial charge >= 0.3 is 6.09 Å². The number of fused-ring (bicyclic) bond motifs is 1. The minimum absolute atomic E-state index is 0.0656. The Morgan fingerprint density at radius 2 is 2.00 bits per heavy atom. The summed E-state index contributed by atoms with van der Waals surface area (Å²) in [6, 6.07) is 15.0. The molecule has 1 unspecified atom stereocenters. The van der Waals surface area contributed by atoms with Gasteiger partial charge in [0.25, 0.3) is 5.91 Å². The predicted molar refractivity (Wildman–Crippen MR) is 178 cm³/mol. The van der Waals surface area contributed by atoms with Crippen molar-refractivity contribution in [3.8, 4) is 0 Å². The lowest BCUT2D eigenvalue weighted by atomic mass is 10.1. The van der Waals surface area contributed by atoms with Gasteiger partial charge in [-0.2, -0.15) is 0 Å². The third-order valence-electron chi connectivity index (χ3n) is 7.44. The lowest BCUT2D eigenvalue weighted by Gasteiger charge is -2.23. The topological polar surface area (TPSA) is 87.2 Å². The number of thiophene rings is 1. The van der Waals surface area contributed by atoms with Gasteiger partial charge in [0.15, 0.2) is 0 Å². The number of nitrogens with one attached hydrogen (secondary N) is 1. The van der Waals surface area contributed by atoms with Crippen LogP contribution in [0.4, 0.5) is 22.0 Å². The van der Waals surface area contributed by atoms with Gasteiger partial charge < -0.3 is 29.5 Å². The molecule has 9 nitrogen and oxygen atoms in total. The van der Waals surface area contributed by atoms with Crippen LogP contribution in [0, 0.1) is 0 Å². The van der Waals surface area contributed by atoms with Crippen molar-refractivity contribution in [1.29, 1.82) is 0 Å². The van der Waals surface area contributed by atoms with Crippen LogP contribution < -0.4 is 15.1 Å². The number of nitrogens with zero attached hydrogens (tertiary/aromatic N) is 4. The molecule has 1 N–H and O–H groups in total. The molecule has 3 aromatic rings. The highest BCUT2D eigenvalue weighted by atomic mass is 32.1. The molecule has 0 saturated carbocycles. The zero-order chi connectivity index (χ0) is 31.0. The summed E-state index contributed by atoms with van der Waals surface area (Å²) >= 11 is 1.65. The maximum atomic E-state index is 13.7. The van der Waals surface area contributed by atoms with Crippen molar-refractivity contribution in [2.24, 2.45) is 0 Å². The van der Waals surface area contributed by atoms with Crippen molar-refractivity contribution in [2.75, 3.05) is 62.0 Å². The molecule has 0 fully saturated rings. The molecular weight excluding hydrogens is 579 g/mol. The Morgan fingerprint density at radius 3 is 2.72 bits per heavy atom. The van der Waals surface area contributed by atoms with Crippen LogP contribution in [0.2, 0.25) is 25.7 Å². The number of likely N-dealkylation sites (N-methyl/N-ethyl adjacent to an activating group) is 1. The van der Waals surface area contributed by atoms with Gasteiger partial charge in [0.1, 0.15) is 5.82 Å². The number of benzene rings is 1. The number of carbonyl (C=O) groups is 2. The lowest BCUT2D eigenvalue weighted by molar-refractivity contribution is 0.0296. The predicted octanol–water partition coefficient (Wildman–Crippen LogP) is 6.73. The highest BCUT2D eigenvalue weighted by Crippen LogP contribution is 2.31. The highest BCUT2D eigenvalue weighted by Gasteiger charge is 2.27. The fourth-order valence-corrected chi connectivity index (χ4v) is 6.34. The Labute approximate surface area is 260 Å². The van der Waals surface area contributed by atoms with E-state index in [1.165, 1.54) is 0 Å². The molecule has 1 aromatic carbocycles. The van der Waals surface area contributed by atoms with E-state index in [1.807, 2.05) is 60.6 Å². The number of carbonyl (C=O) groups excluding carboxylic acids is 2. The first kappa shape index (κ1) is 32.5. The van der Waals surface area contributed by atoms with E-state index in [0.717, 1.165) is 40.2 Å². The summed E-state index contributed by atoms with van der Waals surface area (Å²) in [5.41, 5.74) is 3.27. The van der Waals surface area contributed by atoms with Gasteiger partial charge in [-0.3, -0.25) is 4.79 Å². The third kappa shape index (κ3) is 9.04. The molecule has 0 saturated heterocycles. The number of hydrogen-bond donors (Lipinski definition) is 1. The third-order valence-corrected chi connectivity index (χ3v) is 10.1. The van der Waals surface area contributed by atoms with Crippen molar-refractivity contribution in [3.05, 3.63) is 70.0 Å². The Hall–Kier alpha value is -3.41. The van der Waals surface area contributed by atoms with Gasteiger partial charge in [0.2, 0.25) is 0 Å². The molecule has 1 aliphatic heterocycles. The van der Waals surface area contributed by atoms with Crippen molar-refractivity contribution >= 4 is 48.6 Å². The van der Waals surface area contributed by atoms with E-state index in [1.54, 1.807) is 29.5 Å². The molecule has 1 aliphatic rings. The summed E-state index contributed by atoms with van der Waals surface area (Å²) in [7, 11) is 2.52. The van der Waals surface area contributed by atoms with Gasteiger partial charge in [-0.1, -0.05) is 37.8 Å². The van der Waals surface area contributed by atoms with Crippen molar-refractivity contribution in [3.63, 3.8) is 0 Å². The first-order valence-electron chi connectivity index (χ1n) is 14.9. The first-order chi connectivity index (χ1) is 20.6. The lowest BCUT2D eigenvalue weighted by Crippen LogP contribution is -2.33. The summed E-state index contributed by atoms with van der Waals surface area (Å²) < 4.78 is 11.9. The molecule has 232 valence electrons. The number of ether oxygens (including phenoxy) is 2. The zero-order valence-electron chi connectivity index (χ0n) is 26.3. The summed E-state index contributed by atoms with van der Waals surface area (Å²) in [6.07, 6.45) is 1.86. The van der Waals surface area contributed by atoms with Crippen LogP contribution in [0.15, 0.2) is 54.0 Å². The molecular formula is C32H45N5O4SSi. The van der Waals surface area contributed by atoms with E-state index in [2.05, 4.69) is 40.9 Å². The Bertz CT molecular complexity index is 1360. The molecule has 3 heterocycles. The van der Waals surface area contributed by atoms with Crippen LogP contribution in [0.25, 0.3) is 0 Å². The molecule has 1 atom stereocenters. The van der Waals surface area contributed by atoms with E-state index in [0.29, 0.717) is 44.8 Å². The number of amides is 2. The normalized spacial score (nSPS) is 14.2. The van der Waals surface area contributed by atoms with Gasteiger partial charge in [-0.25, -0.2) is 9.78 Å². The number of anilines is 3. The number of pyridine rings is 1. The first-order valence-corrected chi connectivity index (χ1v) is 19.5. The van der Waals surface area contributed by atoms with E-state index < -0.39 is 8.07 Å². The van der Waals surface area contributed by atoms with Gasteiger partial charge in [0, 0.05) is 71.2 Å². The molecule has 43 heavy (non-hydrogen) atoms. The summed E-state index contributed by atoms with van der Waals surface area (Å²) in [5.74, 6) is 0.697. The number of aromatic nitrogens is 1. The SMILES string of the molecule is CCNc1cc2c(cn1)C(=O)N(c1cccc(COC(CCN(C)C(=O)OCC[Si](C)(C)C)c3cccs3)c1)CCN2C. The van der Waals surface area contributed by atoms with Crippen LogP contribution in [0.1, 0.15) is 40.2 Å². The molecule has 0 radical (unpaired) electrons. The molecule has 0 bridgehead atoms. The van der Waals surface area contributed by atoms with E-state index >= 15 is 0 Å². The molecule has 0 aliphatic carbocycles. The zero-order valence-corrected chi connectivity index (χ0v) is 28.1. The Kier molecular flexibility index (Phi) is 11.2. The number of rotatable bonds is 13. The number of hydrogen-bond acceptors (Lipinski definition) is 8. The average molecular weight is 624 g/mol. The van der Waals surface area contributed by atoms with Crippen molar-refractivity contribution in [1.82, 2.24) is 9.88 Å². The largest absolute Gasteiger partial charge is 0.450 e. The quantitative estimate of drug-likeness (QED) is 0.211. The van der Waals surface area contributed by atoms with E-state index in [4.69, 9.17) is 9.47 Å². The molecule has 4 rings (SSSR count). The van der Waals surface area contributed by atoms with Crippen molar-refractivity contribution < 1.29 is 19.1 Å².